The van der Waals surface area contributed by atoms with Crippen LogP contribution in [0.1, 0.15) is 57.2 Å². The summed E-state index contributed by atoms with van der Waals surface area (Å²) >= 11 is 0. The molecule has 9 nitrogen and oxygen atoms in total. The van der Waals surface area contributed by atoms with Crippen LogP contribution in [0.2, 0.25) is 0 Å². The van der Waals surface area contributed by atoms with Crippen molar-refractivity contribution in [2.45, 2.75) is 31.1 Å². The lowest BCUT2D eigenvalue weighted by Gasteiger charge is -2.34. The van der Waals surface area contributed by atoms with Crippen molar-refractivity contribution in [2.24, 2.45) is 0 Å². The second kappa shape index (κ2) is 8.88. The molecule has 0 saturated heterocycles. The predicted octanol–water partition coefficient (Wildman–Crippen LogP) is 3.46. The van der Waals surface area contributed by atoms with Gasteiger partial charge in [0, 0.05) is 22.3 Å². The van der Waals surface area contributed by atoms with E-state index >= 15 is 0 Å². The van der Waals surface area contributed by atoms with Crippen molar-refractivity contribution in [2.75, 3.05) is 21.3 Å². The molecule has 0 fully saturated rings. The average Bonchev–Trinajstić information content (AvgIpc) is 3.28. The molecule has 1 amide bonds. The minimum atomic E-state index is -2.26. The highest BCUT2D eigenvalue weighted by atomic mass is 16.6. The van der Waals surface area contributed by atoms with Crippen LogP contribution < -0.4 is 24.3 Å². The van der Waals surface area contributed by atoms with Gasteiger partial charge >= 0.3 is 0 Å². The van der Waals surface area contributed by atoms with E-state index in [4.69, 9.17) is 18.9 Å². The van der Waals surface area contributed by atoms with E-state index in [1.165, 1.54) is 33.5 Å². The third-order valence-electron chi connectivity index (χ3n) is 7.15. The number of Topliss-reactive ketones (excluding diaryl/α,β-unsaturated/α-hetero) is 2. The topological polar surface area (TPSA) is 120 Å². The van der Waals surface area contributed by atoms with Crippen molar-refractivity contribution >= 4 is 17.5 Å². The van der Waals surface area contributed by atoms with Crippen molar-refractivity contribution in [1.29, 1.82) is 0 Å². The Balaban J connectivity index is 1.62. The van der Waals surface area contributed by atoms with Gasteiger partial charge in [-0.2, -0.15) is 0 Å². The van der Waals surface area contributed by atoms with Crippen molar-refractivity contribution in [3.63, 3.8) is 0 Å². The highest BCUT2D eigenvalue weighted by Crippen LogP contribution is 2.58. The molecule has 2 aliphatic rings. The largest absolute Gasteiger partial charge is 0.493 e. The summed E-state index contributed by atoms with van der Waals surface area (Å²) in [7, 11) is 4.19. The number of aliphatic hydroxyl groups is 1. The second-order valence-electron chi connectivity index (χ2n) is 9.48. The molecule has 2 N–H and O–H groups in total. The molecule has 38 heavy (non-hydrogen) atoms. The second-order valence-corrected chi connectivity index (χ2v) is 9.48. The summed E-state index contributed by atoms with van der Waals surface area (Å²) < 4.78 is 21.9. The minimum Gasteiger partial charge on any atom is -0.493 e. The Hall–Kier alpha value is -4.37. The van der Waals surface area contributed by atoms with Crippen LogP contribution in [0.25, 0.3) is 0 Å². The monoisotopic (exact) mass is 517 g/mol. The van der Waals surface area contributed by atoms with Crippen molar-refractivity contribution < 1.29 is 38.4 Å². The lowest BCUT2D eigenvalue weighted by Crippen LogP contribution is -2.61. The summed E-state index contributed by atoms with van der Waals surface area (Å²) in [5.41, 5.74) is -0.564. The first kappa shape index (κ1) is 25.3. The molecular formula is C29H27NO8. The summed E-state index contributed by atoms with van der Waals surface area (Å²) in [5, 5.41) is 14.5. The van der Waals surface area contributed by atoms with E-state index < -0.39 is 28.8 Å². The Morgan fingerprint density at radius 1 is 0.921 bits per heavy atom. The molecule has 1 aliphatic carbocycles. The number of hydrogen-bond acceptors (Lipinski definition) is 8. The molecule has 0 saturated carbocycles. The van der Waals surface area contributed by atoms with Gasteiger partial charge in [0.1, 0.15) is 5.75 Å². The highest BCUT2D eigenvalue weighted by molar-refractivity contribution is 6.43. The molecule has 9 heteroatoms. The molecule has 2 atom stereocenters. The number of amides is 1. The maximum Gasteiger partial charge on any atom is 0.293 e. The van der Waals surface area contributed by atoms with E-state index in [-0.39, 0.29) is 51.2 Å². The van der Waals surface area contributed by atoms with Crippen LogP contribution in [-0.2, 0) is 16.1 Å². The molecule has 0 bridgehead atoms. The number of hydrogen-bond donors (Lipinski definition) is 2. The summed E-state index contributed by atoms with van der Waals surface area (Å²) in [4.78, 5) is 40.9. The van der Waals surface area contributed by atoms with E-state index in [1.807, 2.05) is 19.9 Å². The van der Waals surface area contributed by atoms with E-state index in [0.717, 1.165) is 5.56 Å². The van der Waals surface area contributed by atoms with Crippen molar-refractivity contribution in [3.8, 4) is 23.0 Å². The third-order valence-corrected chi connectivity index (χ3v) is 7.15. The number of rotatable bonds is 7. The molecule has 3 aromatic rings. The van der Waals surface area contributed by atoms with E-state index in [0.29, 0.717) is 0 Å². The van der Waals surface area contributed by atoms with Crippen LogP contribution in [0.15, 0.2) is 54.6 Å². The lowest BCUT2D eigenvalue weighted by atomic mass is 9.82. The first-order valence-electron chi connectivity index (χ1n) is 12.0. The van der Waals surface area contributed by atoms with Gasteiger partial charge in [0.2, 0.25) is 22.9 Å². The van der Waals surface area contributed by atoms with Gasteiger partial charge in [0.25, 0.3) is 11.7 Å². The Labute approximate surface area is 219 Å². The van der Waals surface area contributed by atoms with Crippen LogP contribution in [-0.4, -0.2) is 43.9 Å². The lowest BCUT2D eigenvalue weighted by molar-refractivity contribution is -0.174. The summed E-state index contributed by atoms with van der Waals surface area (Å²) in [5.74, 6) is -3.94. The number of nitrogens with one attached hydrogen (secondary N) is 1. The molecule has 196 valence electrons. The van der Waals surface area contributed by atoms with Crippen molar-refractivity contribution in [3.05, 3.63) is 82.4 Å². The number of carbonyl (C=O) groups excluding carboxylic acids is 3. The maximum atomic E-state index is 13.9. The van der Waals surface area contributed by atoms with Gasteiger partial charge in [-0.05, 0) is 29.7 Å². The Kier molecular flexibility index (Phi) is 5.91. The molecular weight excluding hydrogens is 490 g/mol. The molecule has 0 spiro atoms. The molecule has 0 radical (unpaired) electrons. The molecule has 3 aromatic carbocycles. The fraction of sp³-hybridized carbons (Fsp3) is 0.276. The SMILES string of the molecule is COc1cc(C(=O)C(=O)NC23C(=O)c4ccccc4C2(O)Oc2cc(C(C)C)ccc23)cc(OC)c1OC. The number of ether oxygens (including phenoxy) is 4. The van der Waals surface area contributed by atoms with Gasteiger partial charge in [-0.25, -0.2) is 0 Å². The van der Waals surface area contributed by atoms with Crippen molar-refractivity contribution in [1.82, 2.24) is 5.32 Å². The zero-order valence-corrected chi connectivity index (χ0v) is 21.6. The summed E-state index contributed by atoms with van der Waals surface area (Å²) in [6.07, 6.45) is 0. The van der Waals surface area contributed by atoms with E-state index in [2.05, 4.69) is 5.32 Å². The van der Waals surface area contributed by atoms with Crippen LogP contribution in [0.5, 0.6) is 23.0 Å². The van der Waals surface area contributed by atoms with Gasteiger partial charge in [0.05, 0.1) is 21.3 Å². The fourth-order valence-corrected chi connectivity index (χ4v) is 5.20. The smallest absolute Gasteiger partial charge is 0.293 e. The standard InChI is InChI=1S/C29H27NO8/c1-15(2)16-10-11-20-21(12-16)38-29(34)19-9-7-6-8-18(19)26(32)28(20,29)30-27(33)24(31)17-13-22(35-3)25(37-5)23(14-17)36-4/h6-15,34H,1-5H3,(H,30,33). The first-order valence-corrected chi connectivity index (χ1v) is 12.0. The normalized spacial score (nSPS) is 20.8. The molecule has 0 aromatic heterocycles. The fourth-order valence-electron chi connectivity index (χ4n) is 5.20. The van der Waals surface area contributed by atoms with Gasteiger partial charge in [-0.15, -0.1) is 0 Å². The Bertz CT molecular complexity index is 1470. The number of fused-ring (bicyclic) bond motifs is 5. The Morgan fingerprint density at radius 3 is 2.18 bits per heavy atom. The van der Waals surface area contributed by atoms with E-state index in [9.17, 15) is 19.5 Å². The molecule has 5 rings (SSSR count). The molecule has 1 heterocycles. The van der Waals surface area contributed by atoms with Crippen LogP contribution in [0, 0.1) is 0 Å². The average molecular weight is 518 g/mol. The van der Waals surface area contributed by atoms with Crippen LogP contribution >= 0.6 is 0 Å². The Morgan fingerprint density at radius 2 is 1.58 bits per heavy atom. The number of ketones is 2. The van der Waals surface area contributed by atoms with E-state index in [1.54, 1.807) is 36.4 Å². The van der Waals surface area contributed by atoms with Gasteiger partial charge in [-0.3, -0.25) is 14.4 Å². The zero-order chi connectivity index (χ0) is 27.4. The zero-order valence-electron chi connectivity index (χ0n) is 21.6. The first-order chi connectivity index (χ1) is 18.1. The quantitative estimate of drug-likeness (QED) is 0.361. The third kappa shape index (κ3) is 3.31. The number of methoxy groups -OCH3 is 3. The van der Waals surface area contributed by atoms with Gasteiger partial charge < -0.3 is 29.4 Å². The number of benzene rings is 3. The number of carbonyl (C=O) groups is 3. The minimum absolute atomic E-state index is 0.0609. The molecule has 1 aliphatic heterocycles. The highest BCUT2D eigenvalue weighted by Gasteiger charge is 2.71. The van der Waals surface area contributed by atoms with Crippen LogP contribution in [0.3, 0.4) is 0 Å². The summed E-state index contributed by atoms with van der Waals surface area (Å²) in [6.45, 7) is 4.00. The summed E-state index contributed by atoms with van der Waals surface area (Å²) in [6, 6.07) is 14.3. The van der Waals surface area contributed by atoms with Gasteiger partial charge in [0.15, 0.2) is 11.5 Å². The predicted molar refractivity (Wildman–Crippen MR) is 136 cm³/mol. The maximum absolute atomic E-state index is 13.9. The van der Waals surface area contributed by atoms with Gasteiger partial charge in [-0.1, -0.05) is 50.2 Å². The van der Waals surface area contributed by atoms with Crippen LogP contribution in [0.4, 0.5) is 0 Å². The molecule has 2 unspecified atom stereocenters.